The van der Waals surface area contributed by atoms with Gasteiger partial charge in [-0.2, -0.15) is 0 Å². The van der Waals surface area contributed by atoms with Gasteiger partial charge in [0.1, 0.15) is 36.6 Å². The summed E-state index contributed by atoms with van der Waals surface area (Å²) in [5.41, 5.74) is 4.33. The molecule has 5 atom stereocenters. The van der Waals surface area contributed by atoms with E-state index in [1.807, 2.05) is 51.1 Å². The average Bonchev–Trinajstić information content (AvgIpc) is 2.80. The summed E-state index contributed by atoms with van der Waals surface area (Å²) in [5.74, 6) is 0. The summed E-state index contributed by atoms with van der Waals surface area (Å²) >= 11 is 6.44. The quantitative estimate of drug-likeness (QED) is 0.343. The number of benzene rings is 2. The van der Waals surface area contributed by atoms with Crippen molar-refractivity contribution in [3.8, 4) is 0 Å². The highest BCUT2D eigenvalue weighted by Gasteiger charge is 2.44. The van der Waals surface area contributed by atoms with Crippen LogP contribution in [0.2, 0.25) is 5.02 Å². The second-order valence-electron chi connectivity index (χ2n) is 8.52. The first-order valence-corrected chi connectivity index (χ1v) is 11.5. The van der Waals surface area contributed by atoms with E-state index in [0.717, 1.165) is 28.8 Å². The number of aliphatic hydroxyl groups excluding tert-OH is 4. The van der Waals surface area contributed by atoms with Crippen LogP contribution in [0.4, 0.5) is 0 Å². The van der Waals surface area contributed by atoms with Crippen LogP contribution in [0.25, 0.3) is 0 Å². The molecule has 7 nitrogen and oxygen atoms in total. The van der Waals surface area contributed by atoms with Gasteiger partial charge in [-0.1, -0.05) is 60.1 Å². The van der Waals surface area contributed by atoms with Gasteiger partial charge in [0.2, 0.25) is 0 Å². The number of hydrogen-bond acceptors (Lipinski definition) is 7. The van der Waals surface area contributed by atoms with Crippen LogP contribution in [0.5, 0.6) is 0 Å². The first-order valence-electron chi connectivity index (χ1n) is 11.2. The summed E-state index contributed by atoms with van der Waals surface area (Å²) in [4.78, 5) is 5.39. The Morgan fingerprint density at radius 3 is 2.36 bits per heavy atom. The number of hydrogen-bond donors (Lipinski definition) is 4. The molecule has 1 aliphatic rings. The second kappa shape index (κ2) is 11.4. The third kappa shape index (κ3) is 6.12. The Morgan fingerprint density at radius 1 is 1.06 bits per heavy atom. The molecule has 1 saturated heterocycles. The molecule has 0 amide bonds. The van der Waals surface area contributed by atoms with Crippen LogP contribution < -0.4 is 0 Å². The standard InChI is InChI=1S/C25H32ClNO6/c1-4-20(27-33-14(2)3)16-7-5-15(6-8-16)11-18-12-17(9-10-19(18)26)25-24(31)23(30)22(29)21(13-28)32-25/h5-10,12,14,21-25,28-31H,4,11,13H2,1-3H3. The maximum atomic E-state index is 10.4. The minimum absolute atomic E-state index is 0.0175. The molecule has 1 fully saturated rings. The Balaban J connectivity index is 1.80. The zero-order valence-electron chi connectivity index (χ0n) is 19.1. The average molecular weight is 478 g/mol. The van der Waals surface area contributed by atoms with E-state index in [9.17, 15) is 20.4 Å². The minimum Gasteiger partial charge on any atom is -0.394 e. The minimum atomic E-state index is -1.43. The van der Waals surface area contributed by atoms with Crippen molar-refractivity contribution < 1.29 is 30.0 Å². The van der Waals surface area contributed by atoms with Crippen molar-refractivity contribution in [2.75, 3.05) is 6.61 Å². The number of oxime groups is 1. The molecule has 3 rings (SSSR count). The first-order chi connectivity index (χ1) is 15.7. The predicted molar refractivity (Wildman–Crippen MR) is 126 cm³/mol. The van der Waals surface area contributed by atoms with Gasteiger partial charge < -0.3 is 30.0 Å². The second-order valence-corrected chi connectivity index (χ2v) is 8.93. The molecule has 1 aliphatic heterocycles. The van der Waals surface area contributed by atoms with Crippen LogP contribution in [0, 0.1) is 0 Å². The van der Waals surface area contributed by atoms with Crippen molar-refractivity contribution >= 4 is 17.3 Å². The SMILES string of the molecule is CCC(=NOC(C)C)c1ccc(Cc2cc(C3OC(CO)C(O)C(O)C3O)ccc2Cl)cc1. The van der Waals surface area contributed by atoms with Gasteiger partial charge in [0.25, 0.3) is 0 Å². The normalized spacial score (nSPS) is 26.0. The maximum absolute atomic E-state index is 10.4. The van der Waals surface area contributed by atoms with Crippen LogP contribution >= 0.6 is 11.6 Å². The Morgan fingerprint density at radius 2 is 1.76 bits per heavy atom. The number of ether oxygens (including phenoxy) is 1. The molecule has 0 aliphatic carbocycles. The lowest BCUT2D eigenvalue weighted by atomic mass is 9.90. The molecule has 1 heterocycles. The summed E-state index contributed by atoms with van der Waals surface area (Å²) in [6.07, 6.45) is -4.71. The largest absolute Gasteiger partial charge is 0.394 e. The van der Waals surface area contributed by atoms with Crippen molar-refractivity contribution in [2.45, 2.75) is 70.2 Å². The van der Waals surface area contributed by atoms with E-state index in [1.54, 1.807) is 12.1 Å². The van der Waals surface area contributed by atoms with E-state index in [4.69, 9.17) is 21.2 Å². The molecule has 2 aromatic rings. The highest BCUT2D eigenvalue weighted by Crippen LogP contribution is 2.34. The molecular formula is C25H32ClNO6. The summed E-state index contributed by atoms with van der Waals surface area (Å²) < 4.78 is 5.68. The number of rotatable bonds is 8. The van der Waals surface area contributed by atoms with E-state index in [-0.39, 0.29) is 6.10 Å². The summed E-state index contributed by atoms with van der Waals surface area (Å²) in [6, 6.07) is 13.2. The van der Waals surface area contributed by atoms with Crippen LogP contribution in [0.15, 0.2) is 47.6 Å². The van der Waals surface area contributed by atoms with Gasteiger partial charge in [-0.25, -0.2) is 0 Å². The maximum Gasteiger partial charge on any atom is 0.122 e. The van der Waals surface area contributed by atoms with E-state index >= 15 is 0 Å². The molecule has 180 valence electrons. The fraction of sp³-hybridized carbons (Fsp3) is 0.480. The topological polar surface area (TPSA) is 112 Å². The first kappa shape index (κ1) is 25.6. The number of halogens is 1. The van der Waals surface area contributed by atoms with Gasteiger partial charge >= 0.3 is 0 Å². The van der Waals surface area contributed by atoms with Crippen molar-refractivity contribution in [1.29, 1.82) is 0 Å². The molecule has 8 heteroatoms. The Labute approximate surface area is 199 Å². The Bertz CT molecular complexity index is 946. The van der Waals surface area contributed by atoms with Crippen molar-refractivity contribution in [3.05, 3.63) is 69.7 Å². The van der Waals surface area contributed by atoms with E-state index in [2.05, 4.69) is 5.16 Å². The van der Waals surface area contributed by atoms with Crippen LogP contribution in [0.3, 0.4) is 0 Å². The fourth-order valence-corrected chi connectivity index (χ4v) is 3.99. The van der Waals surface area contributed by atoms with Gasteiger partial charge in [0.15, 0.2) is 0 Å². The molecule has 33 heavy (non-hydrogen) atoms. The highest BCUT2D eigenvalue weighted by atomic mass is 35.5. The molecule has 0 spiro atoms. The molecule has 2 aromatic carbocycles. The van der Waals surface area contributed by atoms with Gasteiger partial charge in [0.05, 0.1) is 12.3 Å². The molecule has 5 unspecified atom stereocenters. The lowest BCUT2D eigenvalue weighted by Gasteiger charge is -2.40. The summed E-state index contributed by atoms with van der Waals surface area (Å²) in [7, 11) is 0. The Hall–Kier alpha value is -2.00. The zero-order valence-corrected chi connectivity index (χ0v) is 19.8. The van der Waals surface area contributed by atoms with Crippen LogP contribution in [-0.2, 0) is 16.0 Å². The van der Waals surface area contributed by atoms with Crippen LogP contribution in [0.1, 0.15) is 55.5 Å². The third-order valence-corrected chi connectivity index (χ3v) is 6.05. The fourth-order valence-electron chi connectivity index (χ4n) is 3.81. The molecule has 0 radical (unpaired) electrons. The lowest BCUT2D eigenvalue weighted by molar-refractivity contribution is -0.231. The van der Waals surface area contributed by atoms with Crippen molar-refractivity contribution in [1.82, 2.24) is 0 Å². The van der Waals surface area contributed by atoms with Gasteiger partial charge in [-0.05, 0) is 55.0 Å². The molecular weight excluding hydrogens is 446 g/mol. The van der Waals surface area contributed by atoms with Gasteiger partial charge in [-0.3, -0.25) is 0 Å². The summed E-state index contributed by atoms with van der Waals surface area (Å²) in [5, 5.41) is 44.8. The molecule has 4 N–H and O–H groups in total. The molecule has 0 bridgehead atoms. The zero-order chi connectivity index (χ0) is 24.1. The van der Waals surface area contributed by atoms with Gasteiger partial charge in [-0.15, -0.1) is 0 Å². The van der Waals surface area contributed by atoms with Crippen molar-refractivity contribution in [3.63, 3.8) is 0 Å². The predicted octanol–water partition coefficient (Wildman–Crippen LogP) is 2.98. The molecule has 0 saturated carbocycles. The Kier molecular flexibility index (Phi) is 8.87. The highest BCUT2D eigenvalue weighted by molar-refractivity contribution is 6.31. The monoisotopic (exact) mass is 477 g/mol. The lowest BCUT2D eigenvalue weighted by Crippen LogP contribution is -2.55. The number of nitrogens with zero attached hydrogens (tertiary/aromatic N) is 1. The van der Waals surface area contributed by atoms with Gasteiger partial charge in [0, 0.05) is 5.02 Å². The smallest absolute Gasteiger partial charge is 0.122 e. The van der Waals surface area contributed by atoms with Crippen molar-refractivity contribution in [2.24, 2.45) is 5.16 Å². The van der Waals surface area contributed by atoms with E-state index in [1.165, 1.54) is 0 Å². The summed E-state index contributed by atoms with van der Waals surface area (Å²) in [6.45, 7) is 5.42. The van der Waals surface area contributed by atoms with Crippen LogP contribution in [-0.4, -0.2) is 63.3 Å². The van der Waals surface area contributed by atoms with E-state index in [0.29, 0.717) is 17.0 Å². The molecule has 0 aromatic heterocycles. The third-order valence-electron chi connectivity index (χ3n) is 5.68. The van der Waals surface area contributed by atoms with E-state index < -0.39 is 37.1 Å². The number of aliphatic hydroxyl groups is 4.